The Hall–Kier alpha value is -1.44. The van der Waals surface area contributed by atoms with E-state index in [-0.39, 0.29) is 5.91 Å². The second-order valence-corrected chi connectivity index (χ2v) is 5.66. The van der Waals surface area contributed by atoms with Crippen molar-refractivity contribution < 1.29 is 4.79 Å². The van der Waals surface area contributed by atoms with Crippen LogP contribution in [0.25, 0.3) is 0 Å². The molecule has 1 heterocycles. The lowest BCUT2D eigenvalue weighted by Crippen LogP contribution is -2.37. The van der Waals surface area contributed by atoms with E-state index in [1.54, 1.807) is 0 Å². The zero-order valence-corrected chi connectivity index (χ0v) is 11.9. The van der Waals surface area contributed by atoms with Gasteiger partial charge in [0.05, 0.1) is 6.54 Å². The fourth-order valence-electron chi connectivity index (χ4n) is 2.03. The molecule has 1 aromatic rings. The third kappa shape index (κ3) is 3.52. The molecule has 1 amide bonds. The van der Waals surface area contributed by atoms with Crippen LogP contribution >= 0.6 is 11.8 Å². The maximum absolute atomic E-state index is 12.3. The molecule has 0 unspecified atom stereocenters. The van der Waals surface area contributed by atoms with Gasteiger partial charge in [-0.05, 0) is 30.7 Å². The quantitative estimate of drug-likeness (QED) is 0.789. The predicted molar refractivity (Wildman–Crippen MR) is 80.3 cm³/mol. The highest BCUT2D eigenvalue weighted by molar-refractivity contribution is 7.99. The molecular formula is C15H18N2OS. The van der Waals surface area contributed by atoms with Crippen molar-refractivity contribution >= 4 is 17.7 Å². The highest BCUT2D eigenvalue weighted by atomic mass is 32.2. The Bertz CT molecular complexity index is 525. The minimum atomic E-state index is 0.127. The Labute approximate surface area is 118 Å². The van der Waals surface area contributed by atoms with Gasteiger partial charge in [0, 0.05) is 35.7 Å². The highest BCUT2D eigenvalue weighted by Gasteiger charge is 2.18. The number of nitrogens with two attached hydrogens (primary N) is 1. The molecule has 1 aliphatic rings. The Morgan fingerprint density at radius 2 is 2.16 bits per heavy atom. The minimum Gasteiger partial charge on any atom is -0.337 e. The molecular weight excluding hydrogens is 256 g/mol. The molecule has 1 saturated heterocycles. The first-order chi connectivity index (χ1) is 9.22. The maximum Gasteiger partial charge on any atom is 0.253 e. The second kappa shape index (κ2) is 6.65. The van der Waals surface area contributed by atoms with Crippen molar-refractivity contribution in [3.63, 3.8) is 0 Å². The molecule has 0 spiro atoms. The van der Waals surface area contributed by atoms with Crippen molar-refractivity contribution in [2.75, 3.05) is 31.1 Å². The maximum atomic E-state index is 12.3. The van der Waals surface area contributed by atoms with Crippen LogP contribution in [0.4, 0.5) is 0 Å². The highest BCUT2D eigenvalue weighted by Crippen LogP contribution is 2.15. The van der Waals surface area contributed by atoms with E-state index >= 15 is 0 Å². The lowest BCUT2D eigenvalue weighted by molar-refractivity contribution is 0.0772. The van der Waals surface area contributed by atoms with Gasteiger partial charge in [-0.3, -0.25) is 4.79 Å². The smallest absolute Gasteiger partial charge is 0.253 e. The SMILES string of the molecule is Cc1cc(C(=O)N2CCSCC2)ccc1C#CCN. The number of benzene rings is 1. The molecule has 1 aliphatic heterocycles. The van der Waals surface area contributed by atoms with Crippen molar-refractivity contribution in [3.05, 3.63) is 34.9 Å². The van der Waals surface area contributed by atoms with Gasteiger partial charge in [-0.1, -0.05) is 11.8 Å². The number of nitrogens with zero attached hydrogens (tertiary/aromatic N) is 1. The molecule has 0 radical (unpaired) electrons. The third-order valence-electron chi connectivity index (χ3n) is 3.10. The standard InChI is InChI=1S/C15H18N2OS/c1-12-11-14(5-4-13(12)3-2-6-16)15(18)17-7-9-19-10-8-17/h4-5,11H,6-10,16H2,1H3. The number of hydrogen-bond donors (Lipinski definition) is 1. The van der Waals surface area contributed by atoms with Crippen molar-refractivity contribution in [1.29, 1.82) is 0 Å². The summed E-state index contributed by atoms with van der Waals surface area (Å²) >= 11 is 1.90. The Balaban J connectivity index is 2.16. The minimum absolute atomic E-state index is 0.127. The number of aryl methyl sites for hydroxylation is 1. The topological polar surface area (TPSA) is 46.3 Å². The van der Waals surface area contributed by atoms with E-state index in [1.807, 2.05) is 41.8 Å². The summed E-state index contributed by atoms with van der Waals surface area (Å²) in [6.45, 7) is 4.02. The second-order valence-electron chi connectivity index (χ2n) is 4.44. The monoisotopic (exact) mass is 274 g/mol. The van der Waals surface area contributed by atoms with Gasteiger partial charge in [-0.25, -0.2) is 0 Å². The van der Waals surface area contributed by atoms with Gasteiger partial charge in [0.2, 0.25) is 0 Å². The molecule has 1 fully saturated rings. The number of carbonyl (C=O) groups excluding carboxylic acids is 1. The summed E-state index contributed by atoms with van der Waals surface area (Å²) in [7, 11) is 0. The summed E-state index contributed by atoms with van der Waals surface area (Å²) in [6.07, 6.45) is 0. The zero-order valence-electron chi connectivity index (χ0n) is 11.1. The normalized spacial score (nSPS) is 14.7. The first-order valence-electron chi connectivity index (χ1n) is 6.39. The summed E-state index contributed by atoms with van der Waals surface area (Å²) in [5, 5.41) is 0. The van der Waals surface area contributed by atoms with E-state index in [9.17, 15) is 4.79 Å². The molecule has 0 atom stereocenters. The van der Waals surface area contributed by atoms with Gasteiger partial charge in [0.1, 0.15) is 0 Å². The third-order valence-corrected chi connectivity index (χ3v) is 4.04. The van der Waals surface area contributed by atoms with Crippen LogP contribution in [0.15, 0.2) is 18.2 Å². The molecule has 0 aromatic heterocycles. The van der Waals surface area contributed by atoms with Gasteiger partial charge in [0.15, 0.2) is 0 Å². The van der Waals surface area contributed by atoms with Crippen LogP contribution in [0.3, 0.4) is 0 Å². The molecule has 1 aromatic carbocycles. The fourth-order valence-corrected chi connectivity index (χ4v) is 2.94. The molecule has 3 nitrogen and oxygen atoms in total. The summed E-state index contributed by atoms with van der Waals surface area (Å²) in [5.74, 6) is 8.04. The molecule has 100 valence electrons. The summed E-state index contributed by atoms with van der Waals surface area (Å²) in [5.41, 5.74) is 8.09. The van der Waals surface area contributed by atoms with E-state index in [4.69, 9.17) is 5.73 Å². The van der Waals surface area contributed by atoms with Gasteiger partial charge in [0.25, 0.3) is 5.91 Å². The Morgan fingerprint density at radius 3 is 2.79 bits per heavy atom. The van der Waals surface area contributed by atoms with Gasteiger partial charge in [-0.15, -0.1) is 0 Å². The van der Waals surface area contributed by atoms with Gasteiger partial charge < -0.3 is 10.6 Å². The van der Waals surface area contributed by atoms with Crippen molar-refractivity contribution in [3.8, 4) is 11.8 Å². The number of hydrogen-bond acceptors (Lipinski definition) is 3. The van der Waals surface area contributed by atoms with Crippen LogP contribution < -0.4 is 5.73 Å². The average Bonchev–Trinajstić information content (AvgIpc) is 2.46. The van der Waals surface area contributed by atoms with Crippen LogP contribution in [0, 0.1) is 18.8 Å². The lowest BCUT2D eigenvalue weighted by Gasteiger charge is -2.26. The van der Waals surface area contributed by atoms with Crippen LogP contribution in [0.1, 0.15) is 21.5 Å². The van der Waals surface area contributed by atoms with Crippen molar-refractivity contribution in [2.24, 2.45) is 5.73 Å². The van der Waals surface area contributed by atoms with E-state index in [2.05, 4.69) is 11.8 Å². The molecule has 2 rings (SSSR count). The van der Waals surface area contributed by atoms with Crippen molar-refractivity contribution in [1.82, 2.24) is 4.90 Å². The number of thioether (sulfide) groups is 1. The van der Waals surface area contributed by atoms with Crippen molar-refractivity contribution in [2.45, 2.75) is 6.92 Å². The summed E-state index contributed by atoms with van der Waals surface area (Å²) in [4.78, 5) is 14.3. The van der Waals surface area contributed by atoms with E-state index < -0.39 is 0 Å². The number of amides is 1. The van der Waals surface area contributed by atoms with Gasteiger partial charge in [-0.2, -0.15) is 11.8 Å². The zero-order chi connectivity index (χ0) is 13.7. The van der Waals surface area contributed by atoms with E-state index in [1.165, 1.54) is 0 Å². The van der Waals surface area contributed by atoms with E-state index in [0.29, 0.717) is 6.54 Å². The predicted octanol–water partition coefficient (Wildman–Crippen LogP) is 1.49. The first kappa shape index (κ1) is 14.0. The van der Waals surface area contributed by atoms with E-state index in [0.717, 1.165) is 41.3 Å². The lowest BCUT2D eigenvalue weighted by atomic mass is 10.0. The molecule has 0 aliphatic carbocycles. The fraction of sp³-hybridized carbons (Fsp3) is 0.400. The number of rotatable bonds is 1. The molecule has 2 N–H and O–H groups in total. The number of carbonyl (C=O) groups is 1. The van der Waals surface area contributed by atoms with Crippen LogP contribution in [-0.2, 0) is 0 Å². The summed E-state index contributed by atoms with van der Waals surface area (Å²) in [6, 6.07) is 5.69. The Kier molecular flexibility index (Phi) is 4.89. The molecule has 4 heteroatoms. The largest absolute Gasteiger partial charge is 0.337 e. The Morgan fingerprint density at radius 1 is 1.42 bits per heavy atom. The van der Waals surface area contributed by atoms with Gasteiger partial charge >= 0.3 is 0 Å². The molecule has 19 heavy (non-hydrogen) atoms. The van der Waals surface area contributed by atoms with Crippen LogP contribution in [0.2, 0.25) is 0 Å². The molecule has 0 bridgehead atoms. The first-order valence-corrected chi connectivity index (χ1v) is 7.54. The van der Waals surface area contributed by atoms with Crippen LogP contribution in [-0.4, -0.2) is 41.9 Å². The summed E-state index contributed by atoms with van der Waals surface area (Å²) < 4.78 is 0. The average molecular weight is 274 g/mol. The molecule has 0 saturated carbocycles. The van der Waals surface area contributed by atoms with Crippen LogP contribution in [0.5, 0.6) is 0 Å².